The molecule has 262 valence electrons. The van der Waals surface area contributed by atoms with E-state index in [1.54, 1.807) is 11.1 Å². The molecule has 2 aliphatic carbocycles. The van der Waals surface area contributed by atoms with Gasteiger partial charge in [0.2, 0.25) is 0 Å². The van der Waals surface area contributed by atoms with Crippen LogP contribution in [0.25, 0.3) is 56.7 Å². The summed E-state index contributed by atoms with van der Waals surface area (Å²) in [4.78, 5) is 0. The van der Waals surface area contributed by atoms with E-state index in [1.165, 1.54) is 90.0 Å². The topological polar surface area (TPSA) is 0 Å². The van der Waals surface area contributed by atoms with E-state index in [0.717, 1.165) is 35.2 Å². The molecule has 0 aliphatic heterocycles. The second-order valence-corrected chi connectivity index (χ2v) is 16.0. The highest BCUT2D eigenvalue weighted by Crippen LogP contribution is 2.51. The number of aryl methyl sites for hydroxylation is 2. The van der Waals surface area contributed by atoms with Gasteiger partial charge in [-0.15, -0.1) is 0 Å². The van der Waals surface area contributed by atoms with Crippen LogP contribution in [-0.4, -0.2) is 9.52 Å². The van der Waals surface area contributed by atoms with Crippen molar-refractivity contribution in [3.8, 4) is 44.5 Å². The van der Waals surface area contributed by atoms with Crippen LogP contribution in [0.4, 0.5) is 0 Å². The van der Waals surface area contributed by atoms with Crippen molar-refractivity contribution in [3.05, 3.63) is 178 Å². The van der Waals surface area contributed by atoms with Gasteiger partial charge in [-0.2, -0.15) is 0 Å². The second kappa shape index (κ2) is 15.5. The Balaban J connectivity index is 1.14. The van der Waals surface area contributed by atoms with Crippen LogP contribution in [0.5, 0.6) is 0 Å². The molecule has 2 atom stereocenters. The van der Waals surface area contributed by atoms with E-state index in [0.29, 0.717) is 11.8 Å². The van der Waals surface area contributed by atoms with E-state index in [-0.39, 0.29) is 0 Å². The molecule has 1 heteroatoms. The minimum absolute atomic E-state index is 0.480. The summed E-state index contributed by atoms with van der Waals surface area (Å²) in [5.74, 6) is 0.959. The molecule has 0 amide bonds. The molecule has 53 heavy (non-hydrogen) atoms. The zero-order valence-electron chi connectivity index (χ0n) is 31.8. The minimum Gasteiger partial charge on any atom is -0.0626 e. The fourth-order valence-corrected chi connectivity index (χ4v) is 10.9. The summed E-state index contributed by atoms with van der Waals surface area (Å²) < 4.78 is 0. The fourth-order valence-electron chi connectivity index (χ4n) is 9.15. The van der Waals surface area contributed by atoms with Gasteiger partial charge >= 0.3 is 0 Å². The number of hydrogen-bond donors (Lipinski definition) is 0. The zero-order valence-corrected chi connectivity index (χ0v) is 32.8. The van der Waals surface area contributed by atoms with Gasteiger partial charge in [0.15, 0.2) is 0 Å². The summed E-state index contributed by atoms with van der Waals surface area (Å²) in [7, 11) is 0.883. The van der Waals surface area contributed by atoms with Crippen molar-refractivity contribution in [2.45, 2.75) is 77.3 Å². The summed E-state index contributed by atoms with van der Waals surface area (Å²) in [5.41, 5.74) is 22.9. The first kappa shape index (κ1) is 35.1. The molecule has 6 aromatic rings. The second-order valence-electron chi connectivity index (χ2n) is 14.6. The molecule has 0 aromatic heterocycles. The first-order valence-corrected chi connectivity index (χ1v) is 21.3. The summed E-state index contributed by atoms with van der Waals surface area (Å²) in [6.45, 7) is 9.29. The maximum absolute atomic E-state index is 2.57. The Morgan fingerprint density at radius 1 is 0.396 bits per heavy atom. The monoisotopic (exact) mass is 702 g/mol. The number of fused-ring (bicyclic) bond motifs is 2. The molecule has 8 rings (SSSR count). The Labute approximate surface area is 320 Å². The van der Waals surface area contributed by atoms with Crippen molar-refractivity contribution in [1.29, 1.82) is 0 Å². The van der Waals surface area contributed by atoms with Crippen LogP contribution in [0.2, 0.25) is 12.1 Å². The van der Waals surface area contributed by atoms with Crippen LogP contribution in [0, 0.1) is 0 Å². The molecule has 0 spiro atoms. The highest BCUT2D eigenvalue weighted by molar-refractivity contribution is 6.36. The fraction of sp³-hybridized carbons (Fsp3) is 0.231. The van der Waals surface area contributed by atoms with E-state index in [4.69, 9.17) is 0 Å². The molecule has 6 aromatic carbocycles. The average Bonchev–Trinajstić information content (AvgIpc) is 3.78. The van der Waals surface area contributed by atoms with Crippen molar-refractivity contribution in [3.63, 3.8) is 0 Å². The van der Waals surface area contributed by atoms with Crippen molar-refractivity contribution >= 4 is 21.7 Å². The van der Waals surface area contributed by atoms with Crippen molar-refractivity contribution in [2.24, 2.45) is 0 Å². The van der Waals surface area contributed by atoms with Crippen LogP contribution in [0.3, 0.4) is 0 Å². The Morgan fingerprint density at radius 3 is 1.19 bits per heavy atom. The number of benzene rings is 6. The summed E-state index contributed by atoms with van der Waals surface area (Å²) in [6, 6.07) is 52.3. The van der Waals surface area contributed by atoms with E-state index in [2.05, 4.69) is 173 Å². The molecule has 0 saturated carbocycles. The molecule has 0 N–H and O–H groups in total. The summed E-state index contributed by atoms with van der Waals surface area (Å²) in [6.07, 6.45) is 9.38. The standard InChI is InChI=1S/C52H50Si/c1-5-35-19-15-17-25-41(35)51-43(39-21-11-9-12-22-39)27-29-45-47(51)31-37(7-3)49(45)33-53-34-50-38(8-4)32-48-46(50)30-28-44(40-23-13-10-14-24-40)52(48)42-26-18-16-20-36(42)6-2/h9-32,49-50H,5-8,33-34H2,1-4H3. The van der Waals surface area contributed by atoms with Gasteiger partial charge in [0.25, 0.3) is 0 Å². The normalized spacial score (nSPS) is 15.9. The number of rotatable bonds is 12. The predicted molar refractivity (Wildman–Crippen MR) is 231 cm³/mol. The first-order valence-electron chi connectivity index (χ1n) is 19.9. The van der Waals surface area contributed by atoms with Gasteiger partial charge in [0.1, 0.15) is 0 Å². The largest absolute Gasteiger partial charge is 0.0626 e. The highest BCUT2D eigenvalue weighted by atomic mass is 28.2. The summed E-state index contributed by atoms with van der Waals surface area (Å²) >= 11 is 0. The molecule has 0 nitrogen and oxygen atoms in total. The first-order chi connectivity index (χ1) is 26.1. The van der Waals surface area contributed by atoms with E-state index < -0.39 is 0 Å². The van der Waals surface area contributed by atoms with Gasteiger partial charge in [-0.25, -0.2) is 0 Å². The number of allylic oxidation sites excluding steroid dienone is 2. The lowest BCUT2D eigenvalue weighted by Crippen LogP contribution is -2.08. The van der Waals surface area contributed by atoms with E-state index in [1.807, 2.05) is 0 Å². The van der Waals surface area contributed by atoms with Gasteiger partial charge in [0.05, 0.1) is 0 Å². The molecular formula is C52H50Si. The lowest BCUT2D eigenvalue weighted by atomic mass is 9.85. The lowest BCUT2D eigenvalue weighted by Gasteiger charge is -2.22. The van der Waals surface area contributed by atoms with Gasteiger partial charge in [-0.3, -0.25) is 0 Å². The Hall–Kier alpha value is -4.98. The Kier molecular flexibility index (Phi) is 10.3. The van der Waals surface area contributed by atoms with Gasteiger partial charge in [0, 0.05) is 21.4 Å². The van der Waals surface area contributed by atoms with Gasteiger partial charge in [-0.05, 0) is 104 Å². The maximum Gasteiger partial charge on any atom is 0.0397 e. The molecule has 0 fully saturated rings. The third-order valence-electron chi connectivity index (χ3n) is 11.9. The van der Waals surface area contributed by atoms with Crippen LogP contribution in [-0.2, 0) is 12.8 Å². The third-order valence-corrected chi connectivity index (χ3v) is 13.3. The minimum atomic E-state index is 0.480. The van der Waals surface area contributed by atoms with Gasteiger partial charge in [-0.1, -0.05) is 197 Å². The molecule has 2 unspecified atom stereocenters. The quantitative estimate of drug-likeness (QED) is 0.111. The molecule has 2 radical (unpaired) electrons. The van der Waals surface area contributed by atoms with Crippen LogP contribution < -0.4 is 0 Å². The zero-order chi connectivity index (χ0) is 36.3. The predicted octanol–water partition coefficient (Wildman–Crippen LogP) is 14.5. The van der Waals surface area contributed by atoms with E-state index >= 15 is 0 Å². The Bertz CT molecular complexity index is 2140. The Morgan fingerprint density at radius 2 is 0.792 bits per heavy atom. The molecule has 2 aliphatic rings. The van der Waals surface area contributed by atoms with Crippen molar-refractivity contribution < 1.29 is 0 Å². The SMILES string of the molecule is CCC1=Cc2c(ccc(-c3ccccc3)c2-c2ccccc2CC)C1C[Si]CC1C(CC)=Cc2c1ccc(-c1ccccc1)c2-c1ccccc1CC. The van der Waals surface area contributed by atoms with E-state index in [9.17, 15) is 0 Å². The van der Waals surface area contributed by atoms with Crippen LogP contribution in [0.1, 0.15) is 85.8 Å². The van der Waals surface area contributed by atoms with Gasteiger partial charge < -0.3 is 0 Å². The average molecular weight is 703 g/mol. The summed E-state index contributed by atoms with van der Waals surface area (Å²) in [5, 5.41) is 0. The molecule has 0 heterocycles. The third kappa shape index (κ3) is 6.51. The highest BCUT2D eigenvalue weighted by Gasteiger charge is 2.31. The van der Waals surface area contributed by atoms with Crippen molar-refractivity contribution in [1.82, 2.24) is 0 Å². The lowest BCUT2D eigenvalue weighted by molar-refractivity contribution is 0.830. The van der Waals surface area contributed by atoms with Crippen LogP contribution >= 0.6 is 0 Å². The van der Waals surface area contributed by atoms with Crippen LogP contribution in [0.15, 0.2) is 145 Å². The molecular weight excluding hydrogens is 653 g/mol. The smallest absolute Gasteiger partial charge is 0.0397 e. The van der Waals surface area contributed by atoms with Crippen molar-refractivity contribution in [2.75, 3.05) is 0 Å². The molecule has 0 bridgehead atoms. The maximum atomic E-state index is 2.57. The number of hydrogen-bond acceptors (Lipinski definition) is 0. The molecule has 0 saturated heterocycles.